The average Bonchev–Trinajstić information content (AvgIpc) is 2.34. The van der Waals surface area contributed by atoms with Crippen molar-refractivity contribution >= 4 is 11.7 Å². The van der Waals surface area contributed by atoms with Crippen molar-refractivity contribution in [3.05, 3.63) is 0 Å². The van der Waals surface area contributed by atoms with Gasteiger partial charge in [0.1, 0.15) is 0 Å². The van der Waals surface area contributed by atoms with Crippen molar-refractivity contribution in [2.24, 2.45) is 28.7 Å². The van der Waals surface area contributed by atoms with Crippen molar-refractivity contribution in [2.75, 3.05) is 6.54 Å². The molecule has 0 aromatic rings. The van der Waals surface area contributed by atoms with E-state index in [4.69, 9.17) is 16.9 Å². The van der Waals surface area contributed by atoms with Crippen LogP contribution in [-0.4, -0.2) is 24.3 Å². The lowest BCUT2D eigenvalue weighted by Gasteiger charge is -2.34. The van der Waals surface area contributed by atoms with Crippen LogP contribution >= 0.6 is 0 Å². The average molecular weight is 268 g/mol. The van der Waals surface area contributed by atoms with Gasteiger partial charge in [0.2, 0.25) is 0 Å². The van der Waals surface area contributed by atoms with Crippen LogP contribution in [0.3, 0.4) is 0 Å². The Labute approximate surface area is 116 Å². The second-order valence-corrected chi connectivity index (χ2v) is 6.72. The van der Waals surface area contributed by atoms with Gasteiger partial charge < -0.3 is 16.8 Å². The maximum Gasteiger partial charge on any atom is 0.185 e. The van der Waals surface area contributed by atoms with E-state index in [9.17, 15) is 4.79 Å². The lowest BCUT2D eigenvalue weighted by Crippen LogP contribution is -2.46. The molecule has 19 heavy (non-hydrogen) atoms. The fourth-order valence-corrected chi connectivity index (χ4v) is 2.72. The van der Waals surface area contributed by atoms with E-state index in [-0.39, 0.29) is 23.2 Å². The number of nitrogens with two attached hydrogens (primary N) is 2. The Bertz CT molecular complexity index is 327. The number of rotatable bonds is 4. The van der Waals surface area contributed by atoms with E-state index in [0.717, 1.165) is 32.2 Å². The molecule has 110 valence electrons. The van der Waals surface area contributed by atoms with E-state index in [1.54, 1.807) is 0 Å². The van der Waals surface area contributed by atoms with E-state index in [0.29, 0.717) is 11.8 Å². The van der Waals surface area contributed by atoms with Crippen LogP contribution in [0.4, 0.5) is 0 Å². The summed E-state index contributed by atoms with van der Waals surface area (Å²) in [7, 11) is 0. The zero-order valence-corrected chi connectivity index (χ0v) is 12.3. The molecule has 1 aliphatic carbocycles. The molecule has 1 rings (SSSR count). The molecule has 1 aliphatic rings. The molecule has 0 aliphatic heterocycles. The minimum atomic E-state index is -0.355. The molecule has 1 fully saturated rings. The summed E-state index contributed by atoms with van der Waals surface area (Å²) in [6, 6.07) is -0.332. The Morgan fingerprint density at radius 3 is 2.26 bits per heavy atom. The van der Waals surface area contributed by atoms with E-state index in [1.165, 1.54) is 0 Å². The van der Waals surface area contributed by atoms with Gasteiger partial charge in [0, 0.05) is 12.0 Å². The number of nitrogens with one attached hydrogen (secondary N) is 2. The summed E-state index contributed by atoms with van der Waals surface area (Å²) in [6.45, 7) is 6.54. The van der Waals surface area contributed by atoms with Crippen molar-refractivity contribution in [3.63, 3.8) is 0 Å². The minimum Gasteiger partial charge on any atom is -0.370 e. The third-order valence-electron chi connectivity index (χ3n) is 4.02. The van der Waals surface area contributed by atoms with Crippen LogP contribution < -0.4 is 16.8 Å². The third kappa shape index (κ3) is 4.82. The lowest BCUT2D eigenvalue weighted by molar-refractivity contribution is -0.129. The molecule has 5 heteroatoms. The van der Waals surface area contributed by atoms with Crippen LogP contribution in [0.15, 0.2) is 0 Å². The van der Waals surface area contributed by atoms with Crippen LogP contribution in [0.2, 0.25) is 0 Å². The molecule has 1 saturated carbocycles. The van der Waals surface area contributed by atoms with Gasteiger partial charge in [-0.05, 0) is 37.5 Å². The van der Waals surface area contributed by atoms with Crippen LogP contribution in [0, 0.1) is 22.7 Å². The van der Waals surface area contributed by atoms with Gasteiger partial charge in [-0.15, -0.1) is 0 Å². The fraction of sp³-hybridized carbons (Fsp3) is 0.857. The zero-order chi connectivity index (χ0) is 14.6. The Kier molecular flexibility index (Phi) is 5.35. The monoisotopic (exact) mass is 268 g/mol. The second kappa shape index (κ2) is 6.37. The van der Waals surface area contributed by atoms with Crippen molar-refractivity contribution in [1.82, 2.24) is 5.32 Å². The maximum atomic E-state index is 12.2. The zero-order valence-electron chi connectivity index (χ0n) is 12.3. The number of Topliss-reactive ketones (excluding diaryl/α,β-unsaturated/α-hetero) is 1. The highest BCUT2D eigenvalue weighted by atomic mass is 16.1. The summed E-state index contributed by atoms with van der Waals surface area (Å²) in [6.07, 6.45) is 4.09. The van der Waals surface area contributed by atoms with Crippen molar-refractivity contribution < 1.29 is 4.79 Å². The summed E-state index contributed by atoms with van der Waals surface area (Å²) in [5.74, 6) is 1.04. The Morgan fingerprint density at radius 1 is 1.32 bits per heavy atom. The van der Waals surface area contributed by atoms with Crippen LogP contribution in [0.25, 0.3) is 0 Å². The molecular formula is C14H28N4O. The van der Waals surface area contributed by atoms with E-state index < -0.39 is 0 Å². The first kappa shape index (κ1) is 16.0. The summed E-state index contributed by atoms with van der Waals surface area (Å²) in [5, 5.41) is 10.0. The minimum absolute atomic E-state index is 0.0294. The van der Waals surface area contributed by atoms with Crippen LogP contribution in [0.5, 0.6) is 0 Å². The largest absolute Gasteiger partial charge is 0.370 e. The number of carbonyl (C=O) groups excluding carboxylic acids is 1. The van der Waals surface area contributed by atoms with E-state index in [2.05, 4.69) is 5.32 Å². The molecule has 0 bridgehead atoms. The van der Waals surface area contributed by atoms with Crippen molar-refractivity contribution in [3.8, 4) is 0 Å². The molecule has 6 N–H and O–H groups in total. The Morgan fingerprint density at radius 2 is 1.84 bits per heavy atom. The highest BCUT2D eigenvalue weighted by Crippen LogP contribution is 2.32. The van der Waals surface area contributed by atoms with Crippen molar-refractivity contribution in [1.29, 1.82) is 5.41 Å². The molecule has 0 heterocycles. The Hall–Kier alpha value is -1.10. The normalized spacial score (nSPS) is 25.7. The smallest absolute Gasteiger partial charge is 0.185 e. The van der Waals surface area contributed by atoms with Gasteiger partial charge in [-0.1, -0.05) is 20.8 Å². The van der Waals surface area contributed by atoms with Crippen LogP contribution in [0.1, 0.15) is 46.5 Å². The summed E-state index contributed by atoms with van der Waals surface area (Å²) >= 11 is 0. The molecule has 1 unspecified atom stereocenters. The van der Waals surface area contributed by atoms with Gasteiger partial charge >= 0.3 is 0 Å². The molecule has 0 spiro atoms. The molecule has 0 radical (unpaired) electrons. The second-order valence-electron chi connectivity index (χ2n) is 6.72. The van der Waals surface area contributed by atoms with Gasteiger partial charge in [0.15, 0.2) is 11.7 Å². The Balaban J connectivity index is 2.41. The molecule has 5 nitrogen and oxygen atoms in total. The molecule has 0 aromatic heterocycles. The lowest BCUT2D eigenvalue weighted by atomic mass is 9.74. The van der Waals surface area contributed by atoms with Gasteiger partial charge in [0.25, 0.3) is 0 Å². The van der Waals surface area contributed by atoms with Gasteiger partial charge in [-0.3, -0.25) is 10.2 Å². The van der Waals surface area contributed by atoms with Gasteiger partial charge in [-0.2, -0.15) is 0 Å². The van der Waals surface area contributed by atoms with E-state index in [1.807, 2.05) is 20.8 Å². The van der Waals surface area contributed by atoms with E-state index >= 15 is 0 Å². The molecule has 1 atom stereocenters. The maximum absolute atomic E-state index is 12.2. The first-order chi connectivity index (χ1) is 8.71. The SMILES string of the molecule is CC(C)(C)C(=O)C(N)C1CCC(CNC(=N)N)CC1. The standard InChI is InChI=1S/C14H28N4O/c1-14(2,3)12(19)11(15)10-6-4-9(5-7-10)8-18-13(16)17/h9-11H,4-8,15H2,1-3H3,(H4,16,17,18). The quantitative estimate of drug-likeness (QED) is 0.454. The first-order valence-corrected chi connectivity index (χ1v) is 7.09. The predicted molar refractivity (Wildman–Crippen MR) is 77.8 cm³/mol. The topological polar surface area (TPSA) is 105 Å². The summed E-state index contributed by atoms with van der Waals surface area (Å²) in [5.41, 5.74) is 11.1. The number of hydrogen-bond acceptors (Lipinski definition) is 3. The molecular weight excluding hydrogens is 240 g/mol. The van der Waals surface area contributed by atoms with Gasteiger partial charge in [-0.25, -0.2) is 0 Å². The fourth-order valence-electron chi connectivity index (χ4n) is 2.72. The van der Waals surface area contributed by atoms with Crippen molar-refractivity contribution in [2.45, 2.75) is 52.5 Å². The summed E-state index contributed by atoms with van der Waals surface area (Å²) < 4.78 is 0. The molecule has 0 saturated heterocycles. The third-order valence-corrected chi connectivity index (χ3v) is 4.02. The van der Waals surface area contributed by atoms with Gasteiger partial charge in [0.05, 0.1) is 6.04 Å². The highest BCUT2D eigenvalue weighted by Gasteiger charge is 2.34. The number of carbonyl (C=O) groups is 1. The first-order valence-electron chi connectivity index (χ1n) is 7.09. The van der Waals surface area contributed by atoms with Crippen LogP contribution in [-0.2, 0) is 4.79 Å². The summed E-state index contributed by atoms with van der Waals surface area (Å²) in [4.78, 5) is 12.2. The number of ketones is 1. The molecule has 0 amide bonds. The number of guanidine groups is 1. The predicted octanol–water partition coefficient (Wildman–Crippen LogP) is 1.22. The number of hydrogen-bond donors (Lipinski definition) is 4. The highest BCUT2D eigenvalue weighted by molar-refractivity contribution is 5.88. The molecule has 0 aromatic carbocycles.